The Hall–Kier alpha value is -1.22. The third kappa shape index (κ3) is 4.44. The molecule has 1 saturated heterocycles. The SMILES string of the molecule is O=C[C@H](O)[C@@H](O)[C@@H](O[C@@H]1O[C@H](C(=O)O)[C@@H](O)[C@H](O)[C@H]1O)[C@H](O)CO. The van der Waals surface area contributed by atoms with E-state index in [4.69, 9.17) is 19.7 Å². The van der Waals surface area contributed by atoms with Crippen LogP contribution in [0.1, 0.15) is 0 Å². The first-order valence-electron chi connectivity index (χ1n) is 6.84. The van der Waals surface area contributed by atoms with E-state index in [1.165, 1.54) is 0 Å². The van der Waals surface area contributed by atoms with Crippen LogP contribution in [-0.4, -0.2) is 115 Å². The quantitative estimate of drug-likeness (QED) is 0.191. The van der Waals surface area contributed by atoms with Crippen molar-refractivity contribution in [3.8, 4) is 0 Å². The molecule has 0 aliphatic carbocycles. The van der Waals surface area contributed by atoms with E-state index in [2.05, 4.69) is 0 Å². The first kappa shape index (κ1) is 20.8. The highest BCUT2D eigenvalue weighted by atomic mass is 16.7. The summed E-state index contributed by atoms with van der Waals surface area (Å²) in [7, 11) is 0. The lowest BCUT2D eigenvalue weighted by Gasteiger charge is -2.41. The van der Waals surface area contributed by atoms with E-state index in [1.54, 1.807) is 0 Å². The van der Waals surface area contributed by atoms with Crippen LogP contribution in [0.25, 0.3) is 0 Å². The highest BCUT2D eigenvalue weighted by molar-refractivity contribution is 5.73. The molecule has 140 valence electrons. The molecule has 0 saturated carbocycles. The first-order chi connectivity index (χ1) is 11.1. The summed E-state index contributed by atoms with van der Waals surface area (Å²) < 4.78 is 9.73. The Morgan fingerprint density at radius 1 is 1.12 bits per heavy atom. The summed E-state index contributed by atoms with van der Waals surface area (Å²) >= 11 is 0. The number of aliphatic carboxylic acids is 1. The monoisotopic (exact) mass is 356 g/mol. The Balaban J connectivity index is 2.98. The molecule has 12 heteroatoms. The van der Waals surface area contributed by atoms with Crippen LogP contribution in [0.4, 0.5) is 0 Å². The van der Waals surface area contributed by atoms with Crippen LogP contribution in [0.2, 0.25) is 0 Å². The highest BCUT2D eigenvalue weighted by Gasteiger charge is 2.49. The van der Waals surface area contributed by atoms with Crippen LogP contribution >= 0.6 is 0 Å². The van der Waals surface area contributed by atoms with Gasteiger partial charge in [0.05, 0.1) is 6.61 Å². The van der Waals surface area contributed by atoms with Gasteiger partial charge < -0.3 is 55.1 Å². The van der Waals surface area contributed by atoms with Crippen molar-refractivity contribution >= 4 is 12.3 Å². The average Bonchev–Trinajstić information content (AvgIpc) is 2.56. The van der Waals surface area contributed by atoms with Crippen LogP contribution in [0, 0.1) is 0 Å². The van der Waals surface area contributed by atoms with Gasteiger partial charge in [0, 0.05) is 0 Å². The number of hydrogen-bond acceptors (Lipinski definition) is 11. The largest absolute Gasteiger partial charge is 0.479 e. The summed E-state index contributed by atoms with van der Waals surface area (Å²) in [6, 6.07) is 0. The lowest BCUT2D eigenvalue weighted by Crippen LogP contribution is -2.62. The van der Waals surface area contributed by atoms with Crippen molar-refractivity contribution in [2.24, 2.45) is 0 Å². The summed E-state index contributed by atoms with van der Waals surface area (Å²) in [5.41, 5.74) is 0. The van der Waals surface area contributed by atoms with Crippen molar-refractivity contribution in [3.05, 3.63) is 0 Å². The Morgan fingerprint density at radius 2 is 1.71 bits per heavy atom. The minimum absolute atomic E-state index is 0.0814. The van der Waals surface area contributed by atoms with Crippen molar-refractivity contribution in [2.75, 3.05) is 6.61 Å². The maximum absolute atomic E-state index is 11.0. The van der Waals surface area contributed by atoms with Crippen LogP contribution in [0.15, 0.2) is 0 Å². The van der Waals surface area contributed by atoms with Crippen molar-refractivity contribution in [3.63, 3.8) is 0 Å². The molecular formula is C12H20O12. The predicted octanol–water partition coefficient (Wildman–Crippen LogP) is -5.46. The molecule has 1 fully saturated rings. The number of rotatable bonds is 8. The average molecular weight is 356 g/mol. The maximum Gasteiger partial charge on any atom is 0.335 e. The first-order valence-corrected chi connectivity index (χ1v) is 6.84. The number of carbonyl (C=O) groups excluding carboxylic acids is 1. The van der Waals surface area contributed by atoms with Crippen molar-refractivity contribution in [1.82, 2.24) is 0 Å². The van der Waals surface area contributed by atoms with Gasteiger partial charge in [0.15, 0.2) is 18.7 Å². The fourth-order valence-corrected chi connectivity index (χ4v) is 2.10. The molecule has 0 unspecified atom stereocenters. The fourth-order valence-electron chi connectivity index (χ4n) is 2.10. The van der Waals surface area contributed by atoms with Gasteiger partial charge in [0.2, 0.25) is 0 Å². The zero-order valence-corrected chi connectivity index (χ0v) is 12.2. The molecule has 9 atom stereocenters. The van der Waals surface area contributed by atoms with Crippen LogP contribution in [0.5, 0.6) is 0 Å². The Labute approximate surface area is 135 Å². The molecule has 0 amide bonds. The third-order valence-electron chi connectivity index (χ3n) is 3.50. The zero-order chi connectivity index (χ0) is 18.6. The third-order valence-corrected chi connectivity index (χ3v) is 3.50. The molecule has 1 heterocycles. The van der Waals surface area contributed by atoms with Crippen molar-refractivity contribution < 1.29 is 59.9 Å². The summed E-state index contributed by atoms with van der Waals surface area (Å²) in [6.07, 6.45) is -17.8. The molecule has 0 aromatic carbocycles. The second-order valence-electron chi connectivity index (χ2n) is 5.20. The van der Waals surface area contributed by atoms with E-state index >= 15 is 0 Å². The van der Waals surface area contributed by atoms with E-state index < -0.39 is 67.7 Å². The van der Waals surface area contributed by atoms with Gasteiger partial charge in [-0.1, -0.05) is 0 Å². The number of aldehydes is 1. The highest BCUT2D eigenvalue weighted by Crippen LogP contribution is 2.25. The van der Waals surface area contributed by atoms with Gasteiger partial charge in [-0.05, 0) is 0 Å². The smallest absolute Gasteiger partial charge is 0.335 e. The van der Waals surface area contributed by atoms with Crippen LogP contribution < -0.4 is 0 Å². The van der Waals surface area contributed by atoms with Gasteiger partial charge in [0.1, 0.15) is 42.7 Å². The topological polar surface area (TPSA) is 214 Å². The van der Waals surface area contributed by atoms with E-state index in [9.17, 15) is 40.2 Å². The van der Waals surface area contributed by atoms with Gasteiger partial charge in [-0.15, -0.1) is 0 Å². The standard InChI is InChI=1S/C12H20O12/c13-1-3(15)5(17)9(4(16)2-14)23-12-8(20)6(18)7(19)10(24-12)11(21)22/h1,3-10,12,14-20H,2H2,(H,21,22)/t3-,4+,5+,6-,7-,8+,9-,10-,12+/m0/s1. The molecule has 1 aliphatic rings. The predicted molar refractivity (Wildman–Crippen MR) is 70.4 cm³/mol. The number of aliphatic hydroxyl groups is 7. The summed E-state index contributed by atoms with van der Waals surface area (Å²) in [4.78, 5) is 21.5. The molecule has 0 bridgehead atoms. The second kappa shape index (κ2) is 8.75. The van der Waals surface area contributed by atoms with E-state index in [1.807, 2.05) is 0 Å². The van der Waals surface area contributed by atoms with Gasteiger partial charge in [-0.2, -0.15) is 0 Å². The Kier molecular flexibility index (Phi) is 7.59. The maximum atomic E-state index is 11.0. The number of ether oxygens (including phenoxy) is 2. The summed E-state index contributed by atoms with van der Waals surface area (Å²) in [5, 5.41) is 75.4. The number of hydrogen-bond donors (Lipinski definition) is 8. The summed E-state index contributed by atoms with van der Waals surface area (Å²) in [6.45, 7) is -0.982. The van der Waals surface area contributed by atoms with Crippen molar-refractivity contribution in [1.29, 1.82) is 0 Å². The number of carboxylic acids is 1. The minimum atomic E-state index is -2.06. The van der Waals surface area contributed by atoms with Crippen LogP contribution in [-0.2, 0) is 19.1 Å². The van der Waals surface area contributed by atoms with Crippen LogP contribution in [0.3, 0.4) is 0 Å². The molecule has 12 nitrogen and oxygen atoms in total. The zero-order valence-electron chi connectivity index (χ0n) is 12.2. The molecule has 0 aromatic heterocycles. The van der Waals surface area contributed by atoms with Crippen molar-refractivity contribution in [2.45, 2.75) is 55.1 Å². The molecule has 8 N–H and O–H groups in total. The molecule has 24 heavy (non-hydrogen) atoms. The lowest BCUT2D eigenvalue weighted by atomic mass is 9.98. The molecule has 0 aromatic rings. The summed E-state index contributed by atoms with van der Waals surface area (Å²) in [5.74, 6) is -1.69. The van der Waals surface area contributed by atoms with E-state index in [0.717, 1.165) is 0 Å². The number of aliphatic hydroxyl groups excluding tert-OH is 7. The van der Waals surface area contributed by atoms with Gasteiger partial charge in [-0.3, -0.25) is 0 Å². The minimum Gasteiger partial charge on any atom is -0.479 e. The fraction of sp³-hybridized carbons (Fsp3) is 0.833. The number of carboxylic acid groups (broad SMARTS) is 1. The molecule has 1 aliphatic heterocycles. The van der Waals surface area contributed by atoms with Gasteiger partial charge >= 0.3 is 5.97 Å². The molecule has 1 rings (SSSR count). The number of carbonyl (C=O) groups is 2. The van der Waals surface area contributed by atoms with E-state index in [-0.39, 0.29) is 6.29 Å². The molecular weight excluding hydrogens is 336 g/mol. The Bertz CT molecular complexity index is 430. The van der Waals surface area contributed by atoms with Gasteiger partial charge in [-0.25, -0.2) is 4.79 Å². The van der Waals surface area contributed by atoms with E-state index in [0.29, 0.717) is 0 Å². The molecule has 0 spiro atoms. The second-order valence-corrected chi connectivity index (χ2v) is 5.20. The van der Waals surface area contributed by atoms with Gasteiger partial charge in [0.25, 0.3) is 0 Å². The lowest BCUT2D eigenvalue weighted by molar-refractivity contribution is -0.320. The Morgan fingerprint density at radius 3 is 2.17 bits per heavy atom. The molecule has 0 radical (unpaired) electrons. The normalized spacial score (nSPS) is 35.7.